The van der Waals surface area contributed by atoms with Gasteiger partial charge in [0.15, 0.2) is 0 Å². The Morgan fingerprint density at radius 1 is 1.21 bits per heavy atom. The first-order valence-corrected chi connectivity index (χ1v) is 6.15. The highest BCUT2D eigenvalue weighted by atomic mass is 16.5. The molecule has 0 bridgehead atoms. The third-order valence-electron chi connectivity index (χ3n) is 3.32. The average molecular weight is 199 g/mol. The van der Waals surface area contributed by atoms with Gasteiger partial charge in [0.25, 0.3) is 0 Å². The van der Waals surface area contributed by atoms with Crippen LogP contribution < -0.4 is 5.32 Å². The highest BCUT2D eigenvalue weighted by Gasteiger charge is 2.36. The van der Waals surface area contributed by atoms with E-state index in [0.717, 1.165) is 25.6 Å². The molecule has 2 aliphatic rings. The van der Waals surface area contributed by atoms with E-state index in [2.05, 4.69) is 12.2 Å². The lowest BCUT2D eigenvalue weighted by atomic mass is 9.79. The van der Waals surface area contributed by atoms with Crippen molar-refractivity contribution in [3.05, 3.63) is 0 Å². The molecule has 2 fully saturated rings. The second-order valence-electron chi connectivity index (χ2n) is 4.39. The van der Waals surface area contributed by atoms with Crippen LogP contribution in [0.5, 0.6) is 0 Å². The Kier molecular flexibility index (Phi) is 4.90. The van der Waals surface area contributed by atoms with Crippen LogP contribution in [0.1, 0.15) is 46.5 Å². The molecule has 0 unspecified atom stereocenters. The number of morpholine rings is 1. The Hall–Kier alpha value is -0.0800. The summed E-state index contributed by atoms with van der Waals surface area (Å²) in [6.45, 7) is 9.38. The van der Waals surface area contributed by atoms with Crippen molar-refractivity contribution in [3.63, 3.8) is 0 Å². The number of ether oxygens (including phenoxy) is 1. The summed E-state index contributed by atoms with van der Waals surface area (Å²) < 4.78 is 5.89. The molecule has 2 rings (SSSR count). The Bertz CT molecular complexity index is 142. The van der Waals surface area contributed by atoms with Crippen molar-refractivity contribution < 1.29 is 4.74 Å². The maximum Gasteiger partial charge on any atom is 0.0807 e. The molecule has 1 saturated heterocycles. The SMILES string of the molecule is CC.CC1CCC2(CC1)CNCCO2. The van der Waals surface area contributed by atoms with E-state index in [1.807, 2.05) is 13.8 Å². The van der Waals surface area contributed by atoms with Gasteiger partial charge in [0.1, 0.15) is 0 Å². The fourth-order valence-corrected chi connectivity index (χ4v) is 2.32. The first kappa shape index (κ1) is 12.0. The second-order valence-corrected chi connectivity index (χ2v) is 4.39. The quantitative estimate of drug-likeness (QED) is 0.647. The van der Waals surface area contributed by atoms with E-state index in [9.17, 15) is 0 Å². The van der Waals surface area contributed by atoms with Gasteiger partial charge in [0.05, 0.1) is 12.2 Å². The van der Waals surface area contributed by atoms with Crippen molar-refractivity contribution in [1.82, 2.24) is 5.32 Å². The summed E-state index contributed by atoms with van der Waals surface area (Å²) in [5, 5.41) is 3.44. The number of hydrogen-bond acceptors (Lipinski definition) is 2. The Morgan fingerprint density at radius 3 is 2.36 bits per heavy atom. The second kappa shape index (κ2) is 5.72. The summed E-state index contributed by atoms with van der Waals surface area (Å²) in [6.07, 6.45) is 5.23. The minimum Gasteiger partial charge on any atom is -0.372 e. The molecular formula is C12H25NO. The van der Waals surface area contributed by atoms with E-state index in [1.165, 1.54) is 25.7 Å². The minimum atomic E-state index is 0.227. The summed E-state index contributed by atoms with van der Waals surface area (Å²) in [6, 6.07) is 0. The van der Waals surface area contributed by atoms with E-state index in [-0.39, 0.29) is 5.60 Å². The van der Waals surface area contributed by atoms with E-state index < -0.39 is 0 Å². The van der Waals surface area contributed by atoms with Crippen LogP contribution in [0.4, 0.5) is 0 Å². The fraction of sp³-hybridized carbons (Fsp3) is 1.00. The molecule has 0 amide bonds. The predicted molar refractivity (Wildman–Crippen MR) is 60.5 cm³/mol. The third-order valence-corrected chi connectivity index (χ3v) is 3.32. The number of rotatable bonds is 0. The number of nitrogens with one attached hydrogen (secondary N) is 1. The highest BCUT2D eigenvalue weighted by Crippen LogP contribution is 2.35. The van der Waals surface area contributed by atoms with Crippen molar-refractivity contribution in [1.29, 1.82) is 0 Å². The molecule has 1 N–H and O–H groups in total. The summed E-state index contributed by atoms with van der Waals surface area (Å²) in [5.74, 6) is 0.918. The first-order chi connectivity index (χ1) is 6.81. The maximum atomic E-state index is 5.89. The first-order valence-electron chi connectivity index (χ1n) is 6.15. The Morgan fingerprint density at radius 2 is 1.86 bits per heavy atom. The topological polar surface area (TPSA) is 21.3 Å². The summed E-state index contributed by atoms with van der Waals surface area (Å²) in [7, 11) is 0. The lowest BCUT2D eigenvalue weighted by Gasteiger charge is -2.42. The molecule has 1 aliphatic heterocycles. The van der Waals surface area contributed by atoms with Gasteiger partial charge in [-0.25, -0.2) is 0 Å². The molecular weight excluding hydrogens is 174 g/mol. The van der Waals surface area contributed by atoms with Gasteiger partial charge in [-0.3, -0.25) is 0 Å². The predicted octanol–water partition coefficient (Wildman–Crippen LogP) is 2.58. The Balaban J connectivity index is 0.000000461. The maximum absolute atomic E-state index is 5.89. The zero-order valence-corrected chi connectivity index (χ0v) is 9.94. The molecule has 1 spiro atoms. The Labute approximate surface area is 88.4 Å². The molecule has 14 heavy (non-hydrogen) atoms. The third kappa shape index (κ3) is 2.96. The molecule has 84 valence electrons. The molecule has 1 heterocycles. The van der Waals surface area contributed by atoms with Gasteiger partial charge >= 0.3 is 0 Å². The van der Waals surface area contributed by atoms with Crippen molar-refractivity contribution >= 4 is 0 Å². The lowest BCUT2D eigenvalue weighted by molar-refractivity contribution is -0.0935. The van der Waals surface area contributed by atoms with Crippen LogP contribution in [0.25, 0.3) is 0 Å². The standard InChI is InChI=1S/C10H19NO.C2H6/c1-9-2-4-10(5-3-9)8-11-6-7-12-10;1-2/h9,11H,2-8H2,1H3;1-2H3. The van der Waals surface area contributed by atoms with Crippen LogP contribution >= 0.6 is 0 Å². The number of hydrogen-bond donors (Lipinski definition) is 1. The van der Waals surface area contributed by atoms with E-state index in [4.69, 9.17) is 4.74 Å². The monoisotopic (exact) mass is 199 g/mol. The average Bonchev–Trinajstić information content (AvgIpc) is 2.27. The summed E-state index contributed by atoms with van der Waals surface area (Å²) >= 11 is 0. The zero-order valence-electron chi connectivity index (χ0n) is 9.94. The van der Waals surface area contributed by atoms with Gasteiger partial charge in [-0.2, -0.15) is 0 Å². The van der Waals surface area contributed by atoms with Crippen molar-refractivity contribution in [2.45, 2.75) is 52.1 Å². The lowest BCUT2D eigenvalue weighted by Crippen LogP contribution is -2.51. The van der Waals surface area contributed by atoms with Gasteiger partial charge in [-0.05, 0) is 31.6 Å². The molecule has 0 radical (unpaired) electrons. The molecule has 0 aromatic carbocycles. The molecule has 2 nitrogen and oxygen atoms in total. The highest BCUT2D eigenvalue weighted by molar-refractivity contribution is 4.90. The van der Waals surface area contributed by atoms with Crippen LogP contribution in [0.3, 0.4) is 0 Å². The summed E-state index contributed by atoms with van der Waals surface area (Å²) in [4.78, 5) is 0. The van der Waals surface area contributed by atoms with E-state index in [0.29, 0.717) is 0 Å². The van der Waals surface area contributed by atoms with Crippen LogP contribution in [0.15, 0.2) is 0 Å². The molecule has 1 saturated carbocycles. The van der Waals surface area contributed by atoms with E-state index >= 15 is 0 Å². The molecule has 1 aliphatic carbocycles. The smallest absolute Gasteiger partial charge is 0.0807 e. The van der Waals surface area contributed by atoms with Crippen LogP contribution in [0, 0.1) is 5.92 Å². The largest absolute Gasteiger partial charge is 0.372 e. The molecule has 2 heteroatoms. The van der Waals surface area contributed by atoms with Crippen molar-refractivity contribution in [2.75, 3.05) is 19.7 Å². The van der Waals surface area contributed by atoms with Crippen molar-refractivity contribution in [3.8, 4) is 0 Å². The van der Waals surface area contributed by atoms with E-state index in [1.54, 1.807) is 0 Å². The van der Waals surface area contributed by atoms with Gasteiger partial charge in [0, 0.05) is 13.1 Å². The van der Waals surface area contributed by atoms with Gasteiger partial charge in [-0.15, -0.1) is 0 Å². The van der Waals surface area contributed by atoms with Gasteiger partial charge in [0.2, 0.25) is 0 Å². The molecule has 0 atom stereocenters. The molecule has 0 aromatic rings. The van der Waals surface area contributed by atoms with Gasteiger partial charge in [-0.1, -0.05) is 20.8 Å². The van der Waals surface area contributed by atoms with Crippen molar-refractivity contribution in [2.24, 2.45) is 5.92 Å². The normalized spacial score (nSPS) is 37.5. The zero-order chi connectivity index (χ0) is 10.4. The molecule has 0 aromatic heterocycles. The van der Waals surface area contributed by atoms with Crippen LogP contribution in [0.2, 0.25) is 0 Å². The fourth-order valence-electron chi connectivity index (χ4n) is 2.32. The van der Waals surface area contributed by atoms with Crippen LogP contribution in [-0.2, 0) is 4.74 Å². The van der Waals surface area contributed by atoms with Crippen LogP contribution in [-0.4, -0.2) is 25.3 Å². The summed E-state index contributed by atoms with van der Waals surface area (Å²) in [5.41, 5.74) is 0.227. The minimum absolute atomic E-state index is 0.227. The van der Waals surface area contributed by atoms with Gasteiger partial charge < -0.3 is 10.1 Å².